The van der Waals surface area contributed by atoms with Crippen LogP contribution in [0, 0.1) is 5.82 Å². The van der Waals surface area contributed by atoms with E-state index < -0.39 is 18.5 Å². The normalized spacial score (nSPS) is 10.4. The number of hydrogen-bond acceptors (Lipinski definition) is 6. The van der Waals surface area contributed by atoms with Crippen molar-refractivity contribution in [2.75, 3.05) is 19.0 Å². The summed E-state index contributed by atoms with van der Waals surface area (Å²) >= 11 is 0. The first-order chi connectivity index (χ1) is 14.0. The van der Waals surface area contributed by atoms with Gasteiger partial charge in [-0.25, -0.2) is 9.37 Å². The molecule has 7 nitrogen and oxygen atoms in total. The molecule has 0 unspecified atom stereocenters. The van der Waals surface area contributed by atoms with Gasteiger partial charge in [0.2, 0.25) is 0 Å². The first kappa shape index (κ1) is 20.1. The van der Waals surface area contributed by atoms with Crippen LogP contribution in [-0.2, 0) is 20.7 Å². The lowest BCUT2D eigenvalue weighted by Gasteiger charge is -2.07. The minimum Gasteiger partial charge on any atom is -0.497 e. The molecule has 3 aromatic rings. The van der Waals surface area contributed by atoms with E-state index in [1.54, 1.807) is 43.5 Å². The largest absolute Gasteiger partial charge is 0.497 e. The Hall–Kier alpha value is -3.68. The zero-order valence-electron chi connectivity index (χ0n) is 15.7. The highest BCUT2D eigenvalue weighted by Crippen LogP contribution is 2.21. The molecule has 0 aliphatic heterocycles. The Labute approximate surface area is 166 Å². The highest BCUT2D eigenvalue weighted by atomic mass is 19.1. The third-order valence-corrected chi connectivity index (χ3v) is 3.96. The number of ether oxygens (including phenoxy) is 2. The maximum atomic E-state index is 13.0. The molecule has 0 atom stereocenters. The summed E-state index contributed by atoms with van der Waals surface area (Å²) in [6.45, 7) is -0.392. The predicted molar refractivity (Wildman–Crippen MR) is 103 cm³/mol. The van der Waals surface area contributed by atoms with Gasteiger partial charge in [0.25, 0.3) is 5.91 Å². The number of carbonyl (C=O) groups is 2. The second-order valence-electron chi connectivity index (χ2n) is 6.06. The van der Waals surface area contributed by atoms with E-state index in [4.69, 9.17) is 13.9 Å². The molecule has 0 radical (unpaired) electrons. The van der Waals surface area contributed by atoms with Gasteiger partial charge in [-0.05, 0) is 48.5 Å². The fraction of sp³-hybridized carbons (Fsp3) is 0.190. The molecule has 0 saturated heterocycles. The Kier molecular flexibility index (Phi) is 6.57. The fourth-order valence-electron chi connectivity index (χ4n) is 2.47. The Balaban J connectivity index is 1.41. The van der Waals surface area contributed by atoms with E-state index in [9.17, 15) is 14.0 Å². The highest BCUT2D eigenvalue weighted by Gasteiger charge is 2.12. The molecular weight excluding hydrogens is 379 g/mol. The van der Waals surface area contributed by atoms with E-state index in [1.807, 2.05) is 0 Å². The van der Waals surface area contributed by atoms with Crippen LogP contribution in [0.25, 0.3) is 11.3 Å². The van der Waals surface area contributed by atoms with Crippen molar-refractivity contribution >= 4 is 17.6 Å². The summed E-state index contributed by atoms with van der Waals surface area (Å²) in [7, 11) is 1.55. The second-order valence-corrected chi connectivity index (χ2v) is 6.06. The fourth-order valence-corrected chi connectivity index (χ4v) is 2.47. The molecule has 1 amide bonds. The van der Waals surface area contributed by atoms with Gasteiger partial charge in [-0.1, -0.05) is 0 Å². The van der Waals surface area contributed by atoms with Crippen LogP contribution in [0.4, 0.5) is 10.1 Å². The number of nitrogens with zero attached hydrogens (tertiary/aromatic N) is 1. The maximum absolute atomic E-state index is 13.0. The summed E-state index contributed by atoms with van der Waals surface area (Å²) in [4.78, 5) is 27.8. The SMILES string of the molecule is COc1ccc(NC(=O)COC(=O)CCc2ncc(-c3ccc(F)cc3)o2)cc1. The number of nitrogens with one attached hydrogen (secondary N) is 1. The average molecular weight is 398 g/mol. The first-order valence-corrected chi connectivity index (χ1v) is 8.83. The van der Waals surface area contributed by atoms with E-state index in [0.29, 0.717) is 28.7 Å². The van der Waals surface area contributed by atoms with Gasteiger partial charge in [-0.3, -0.25) is 9.59 Å². The summed E-state index contributed by atoms with van der Waals surface area (Å²) < 4.78 is 28.5. The van der Waals surface area contributed by atoms with Crippen molar-refractivity contribution in [3.05, 3.63) is 66.4 Å². The molecule has 2 aromatic carbocycles. The topological polar surface area (TPSA) is 90.7 Å². The molecule has 3 rings (SSSR count). The summed E-state index contributed by atoms with van der Waals surface area (Å²) in [5, 5.41) is 2.62. The minimum absolute atomic E-state index is 0.0131. The van der Waals surface area contributed by atoms with Gasteiger partial charge in [0.1, 0.15) is 11.6 Å². The Morgan fingerprint density at radius 3 is 2.52 bits per heavy atom. The van der Waals surface area contributed by atoms with Crippen LogP contribution >= 0.6 is 0 Å². The summed E-state index contributed by atoms with van der Waals surface area (Å²) in [6, 6.07) is 12.6. The summed E-state index contributed by atoms with van der Waals surface area (Å²) in [5.41, 5.74) is 1.25. The number of rotatable bonds is 8. The molecule has 8 heteroatoms. The predicted octanol–water partition coefficient (Wildman–Crippen LogP) is 3.60. The zero-order chi connectivity index (χ0) is 20.6. The van der Waals surface area contributed by atoms with Gasteiger partial charge in [0, 0.05) is 17.7 Å². The lowest BCUT2D eigenvalue weighted by molar-refractivity contribution is -0.147. The van der Waals surface area contributed by atoms with Crippen molar-refractivity contribution in [2.45, 2.75) is 12.8 Å². The van der Waals surface area contributed by atoms with Crippen molar-refractivity contribution < 1.29 is 27.9 Å². The van der Waals surface area contributed by atoms with E-state index >= 15 is 0 Å². The molecule has 0 saturated carbocycles. The van der Waals surface area contributed by atoms with Crippen LogP contribution in [0.5, 0.6) is 5.75 Å². The standard InChI is InChI=1S/C21H19FN2O5/c1-27-17-8-6-16(7-9-17)24-19(25)13-28-21(26)11-10-20-23-12-18(29-20)14-2-4-15(22)5-3-14/h2-9,12H,10-11,13H2,1H3,(H,24,25). The monoisotopic (exact) mass is 398 g/mol. The van der Waals surface area contributed by atoms with Gasteiger partial charge >= 0.3 is 5.97 Å². The van der Waals surface area contributed by atoms with Crippen molar-refractivity contribution in [2.24, 2.45) is 0 Å². The van der Waals surface area contributed by atoms with Crippen LogP contribution in [0.2, 0.25) is 0 Å². The molecule has 1 heterocycles. The number of anilines is 1. The smallest absolute Gasteiger partial charge is 0.306 e. The number of amides is 1. The maximum Gasteiger partial charge on any atom is 0.306 e. The number of hydrogen-bond donors (Lipinski definition) is 1. The lowest BCUT2D eigenvalue weighted by Crippen LogP contribution is -2.21. The molecule has 0 fully saturated rings. The van der Waals surface area contributed by atoms with Crippen LogP contribution < -0.4 is 10.1 Å². The second kappa shape index (κ2) is 9.50. The average Bonchev–Trinajstić information content (AvgIpc) is 3.21. The third kappa shape index (κ3) is 5.90. The van der Waals surface area contributed by atoms with Gasteiger partial charge in [0.05, 0.1) is 19.7 Å². The number of carbonyl (C=O) groups excluding carboxylic acids is 2. The number of oxazole rings is 1. The number of benzene rings is 2. The highest BCUT2D eigenvalue weighted by molar-refractivity contribution is 5.92. The van der Waals surface area contributed by atoms with Crippen LogP contribution in [0.3, 0.4) is 0 Å². The first-order valence-electron chi connectivity index (χ1n) is 8.83. The van der Waals surface area contributed by atoms with E-state index in [0.717, 1.165) is 0 Å². The Bertz CT molecular complexity index is 967. The molecule has 1 N–H and O–H groups in total. The number of esters is 1. The van der Waals surface area contributed by atoms with Crippen molar-refractivity contribution in [1.29, 1.82) is 0 Å². The zero-order valence-corrected chi connectivity index (χ0v) is 15.7. The Morgan fingerprint density at radius 2 is 1.83 bits per heavy atom. The van der Waals surface area contributed by atoms with Crippen molar-refractivity contribution in [1.82, 2.24) is 4.98 Å². The Morgan fingerprint density at radius 1 is 1.10 bits per heavy atom. The molecule has 0 bridgehead atoms. The number of halogens is 1. The lowest BCUT2D eigenvalue weighted by atomic mass is 10.2. The van der Waals surface area contributed by atoms with Gasteiger partial charge in [0.15, 0.2) is 18.3 Å². The van der Waals surface area contributed by atoms with E-state index in [1.165, 1.54) is 18.3 Å². The molecule has 1 aromatic heterocycles. The number of methoxy groups -OCH3 is 1. The van der Waals surface area contributed by atoms with Gasteiger partial charge < -0.3 is 19.2 Å². The molecule has 150 valence electrons. The van der Waals surface area contributed by atoms with Gasteiger partial charge in [-0.2, -0.15) is 0 Å². The van der Waals surface area contributed by atoms with Crippen LogP contribution in [0.15, 0.2) is 59.1 Å². The number of aryl methyl sites for hydroxylation is 1. The van der Waals surface area contributed by atoms with Crippen molar-refractivity contribution in [3.8, 4) is 17.1 Å². The molecule has 0 aliphatic carbocycles. The van der Waals surface area contributed by atoms with Crippen LogP contribution in [-0.4, -0.2) is 30.6 Å². The molecular formula is C21H19FN2O5. The molecule has 0 spiro atoms. The van der Waals surface area contributed by atoms with Gasteiger partial charge in [-0.15, -0.1) is 0 Å². The number of aromatic nitrogens is 1. The minimum atomic E-state index is -0.545. The van der Waals surface area contributed by atoms with Crippen LogP contribution in [0.1, 0.15) is 12.3 Å². The van der Waals surface area contributed by atoms with E-state index in [-0.39, 0.29) is 18.7 Å². The summed E-state index contributed by atoms with van der Waals surface area (Å²) in [5.74, 6) is 0.168. The van der Waals surface area contributed by atoms with E-state index in [2.05, 4.69) is 10.3 Å². The van der Waals surface area contributed by atoms with Crippen molar-refractivity contribution in [3.63, 3.8) is 0 Å². The molecule has 0 aliphatic rings. The summed E-state index contributed by atoms with van der Waals surface area (Å²) in [6.07, 6.45) is 1.75. The molecule has 29 heavy (non-hydrogen) atoms. The third-order valence-electron chi connectivity index (χ3n) is 3.96. The quantitative estimate of drug-likeness (QED) is 0.583.